The summed E-state index contributed by atoms with van der Waals surface area (Å²) in [6, 6.07) is 26.7. The van der Waals surface area contributed by atoms with E-state index in [4.69, 9.17) is 11.6 Å². The van der Waals surface area contributed by atoms with E-state index in [2.05, 4.69) is 5.32 Å². The molecule has 7 rings (SSSR count). The first kappa shape index (κ1) is 22.8. The highest BCUT2D eigenvalue weighted by Gasteiger charge is 2.64. The molecule has 186 valence electrons. The third-order valence-electron chi connectivity index (χ3n) is 7.85. The van der Waals surface area contributed by atoms with Crippen LogP contribution in [0.3, 0.4) is 0 Å². The molecule has 3 heterocycles. The Hall–Kier alpha value is -4.42. The number of imide groups is 1. The monoisotopic (exact) mass is 519 g/mol. The number of hydrogen-bond donors (Lipinski definition) is 1. The molecule has 0 aliphatic carbocycles. The lowest BCUT2D eigenvalue weighted by Crippen LogP contribution is -2.46. The van der Waals surface area contributed by atoms with E-state index in [0.717, 1.165) is 21.9 Å². The van der Waals surface area contributed by atoms with Crippen LogP contribution in [-0.2, 0) is 14.4 Å². The molecule has 1 N–H and O–H groups in total. The Morgan fingerprint density at radius 3 is 2.34 bits per heavy atom. The average molecular weight is 520 g/mol. The Labute approximate surface area is 224 Å². The van der Waals surface area contributed by atoms with E-state index in [0.29, 0.717) is 16.4 Å². The first-order valence-electron chi connectivity index (χ1n) is 12.5. The second kappa shape index (κ2) is 8.57. The summed E-state index contributed by atoms with van der Waals surface area (Å²) in [5.74, 6) is -2.51. The van der Waals surface area contributed by atoms with Gasteiger partial charge in [0.2, 0.25) is 17.7 Å². The van der Waals surface area contributed by atoms with Gasteiger partial charge in [0, 0.05) is 22.3 Å². The second-order valence-electron chi connectivity index (χ2n) is 9.84. The van der Waals surface area contributed by atoms with Gasteiger partial charge in [0.15, 0.2) is 0 Å². The van der Waals surface area contributed by atoms with Crippen LogP contribution in [0.4, 0.5) is 11.4 Å². The molecule has 2 fully saturated rings. The number of fused-ring (bicyclic) bond motifs is 6. The third-order valence-corrected chi connectivity index (χ3v) is 8.10. The first-order valence-corrected chi connectivity index (χ1v) is 12.9. The molecule has 7 heteroatoms. The van der Waals surface area contributed by atoms with Crippen LogP contribution in [0.5, 0.6) is 0 Å². The van der Waals surface area contributed by atoms with E-state index < -0.39 is 23.9 Å². The van der Waals surface area contributed by atoms with Crippen molar-refractivity contribution in [2.75, 3.05) is 10.2 Å². The minimum Gasteiger partial charge on any atom is -0.357 e. The Kier molecular flexibility index (Phi) is 5.13. The number of anilines is 2. The largest absolute Gasteiger partial charge is 0.357 e. The summed E-state index contributed by atoms with van der Waals surface area (Å²) in [7, 11) is 0. The number of carbonyl (C=O) groups excluding carboxylic acids is 3. The second-order valence-corrected chi connectivity index (χ2v) is 10.3. The van der Waals surface area contributed by atoms with Gasteiger partial charge in [-0.1, -0.05) is 72.3 Å². The minimum absolute atomic E-state index is 0.279. The molecule has 38 heavy (non-hydrogen) atoms. The topological polar surface area (TPSA) is 69.7 Å². The molecule has 0 spiro atoms. The molecule has 1 unspecified atom stereocenters. The van der Waals surface area contributed by atoms with Gasteiger partial charge in [-0.2, -0.15) is 0 Å². The Bertz CT molecular complexity index is 1660. The van der Waals surface area contributed by atoms with Crippen molar-refractivity contribution in [3.05, 3.63) is 113 Å². The van der Waals surface area contributed by atoms with Crippen molar-refractivity contribution in [1.82, 2.24) is 4.90 Å². The van der Waals surface area contributed by atoms with Gasteiger partial charge in [-0.05, 0) is 52.9 Å². The van der Waals surface area contributed by atoms with Crippen molar-refractivity contribution in [3.8, 4) is 0 Å². The van der Waals surface area contributed by atoms with E-state index in [-0.39, 0.29) is 17.7 Å². The molecule has 4 aromatic rings. The number of nitrogens with zero attached hydrogens (tertiary/aromatic N) is 2. The fourth-order valence-electron chi connectivity index (χ4n) is 6.25. The van der Waals surface area contributed by atoms with Gasteiger partial charge in [0.05, 0.1) is 23.6 Å². The van der Waals surface area contributed by atoms with Crippen LogP contribution in [0.2, 0.25) is 5.02 Å². The molecule has 3 aliphatic heterocycles. The summed E-state index contributed by atoms with van der Waals surface area (Å²) in [6.07, 6.45) is 3.78. The van der Waals surface area contributed by atoms with Crippen molar-refractivity contribution in [1.29, 1.82) is 0 Å². The molecule has 3 amide bonds. The molecule has 2 saturated heterocycles. The van der Waals surface area contributed by atoms with Crippen molar-refractivity contribution >= 4 is 57.5 Å². The predicted molar refractivity (Wildman–Crippen MR) is 147 cm³/mol. The fraction of sp³-hybridized carbons (Fsp3) is 0.129. The Morgan fingerprint density at radius 2 is 1.50 bits per heavy atom. The van der Waals surface area contributed by atoms with Crippen LogP contribution in [-0.4, -0.2) is 28.7 Å². The zero-order valence-corrected chi connectivity index (χ0v) is 20.9. The molecule has 0 radical (unpaired) electrons. The summed E-state index contributed by atoms with van der Waals surface area (Å²) in [5.41, 5.74) is 3.04. The van der Waals surface area contributed by atoms with E-state index in [1.807, 2.05) is 77.8 Å². The molecule has 4 aromatic carbocycles. The van der Waals surface area contributed by atoms with E-state index in [1.165, 1.54) is 4.90 Å². The smallest absolute Gasteiger partial charge is 0.247 e. The molecule has 3 aliphatic rings. The lowest BCUT2D eigenvalue weighted by Gasteiger charge is -2.35. The number of nitrogens with one attached hydrogen (secondary N) is 1. The number of rotatable bonds is 3. The summed E-state index contributed by atoms with van der Waals surface area (Å²) >= 11 is 6.02. The highest BCUT2D eigenvalue weighted by atomic mass is 35.5. The normalized spacial score (nSPS) is 23.4. The highest BCUT2D eigenvalue weighted by Crippen LogP contribution is 2.53. The number of benzene rings is 4. The van der Waals surface area contributed by atoms with Gasteiger partial charge in [-0.3, -0.25) is 14.4 Å². The molecule has 0 bridgehead atoms. The number of halogens is 1. The van der Waals surface area contributed by atoms with Gasteiger partial charge in [0.1, 0.15) is 6.04 Å². The molecular formula is C31H22ClN3O3. The van der Waals surface area contributed by atoms with E-state index in [9.17, 15) is 14.4 Å². The van der Waals surface area contributed by atoms with Crippen LogP contribution < -0.4 is 10.2 Å². The molecule has 6 nitrogen and oxygen atoms in total. The number of amides is 3. The summed E-state index contributed by atoms with van der Waals surface area (Å²) < 4.78 is 0. The standard InChI is InChI=1S/C31H22ClN3O3/c32-20-12-14-21(15-13-20)33-29(36)28-26-25(27-23-10-4-2-7-19(23)16-17-34(27)28)30(37)35(31(26)38)24-11-5-8-18-6-1-3-9-22(18)24/h1-17,25-28H,(H,33,36)/t25-,26+,27?,28-/m0/s1. The van der Waals surface area contributed by atoms with Gasteiger partial charge in [-0.25, -0.2) is 4.90 Å². The first-order chi connectivity index (χ1) is 18.5. The van der Waals surface area contributed by atoms with Gasteiger partial charge < -0.3 is 10.2 Å². The third kappa shape index (κ3) is 3.30. The summed E-state index contributed by atoms with van der Waals surface area (Å²) in [4.78, 5) is 45.4. The highest BCUT2D eigenvalue weighted by molar-refractivity contribution is 6.30. The molecule has 4 atom stereocenters. The maximum Gasteiger partial charge on any atom is 0.247 e. The lowest BCUT2D eigenvalue weighted by molar-refractivity contribution is -0.128. The number of carbonyl (C=O) groups is 3. The van der Waals surface area contributed by atoms with Crippen molar-refractivity contribution in [2.45, 2.75) is 12.1 Å². The van der Waals surface area contributed by atoms with Crippen LogP contribution in [0.1, 0.15) is 17.2 Å². The van der Waals surface area contributed by atoms with E-state index in [1.54, 1.807) is 30.3 Å². The zero-order valence-electron chi connectivity index (χ0n) is 20.1. The maximum absolute atomic E-state index is 14.2. The predicted octanol–water partition coefficient (Wildman–Crippen LogP) is 5.65. The van der Waals surface area contributed by atoms with Crippen molar-refractivity contribution in [3.63, 3.8) is 0 Å². The van der Waals surface area contributed by atoms with Crippen LogP contribution in [0, 0.1) is 11.8 Å². The SMILES string of the molecule is O=C(Nc1ccc(Cl)cc1)[C@@H]1[C@@H]2C(=O)N(c3cccc4ccccc34)C(=O)[C@@H]2C2c3ccccc3C=CN21. The van der Waals surface area contributed by atoms with E-state index >= 15 is 0 Å². The van der Waals surface area contributed by atoms with Gasteiger partial charge in [0.25, 0.3) is 0 Å². The Morgan fingerprint density at radius 1 is 0.789 bits per heavy atom. The zero-order chi connectivity index (χ0) is 26.0. The van der Waals surface area contributed by atoms with Gasteiger partial charge in [-0.15, -0.1) is 0 Å². The Balaban J connectivity index is 1.35. The number of hydrogen-bond acceptors (Lipinski definition) is 4. The molecule has 0 aromatic heterocycles. The summed E-state index contributed by atoms with van der Waals surface area (Å²) in [6.45, 7) is 0. The quantitative estimate of drug-likeness (QED) is 0.355. The lowest BCUT2D eigenvalue weighted by atomic mass is 9.84. The van der Waals surface area contributed by atoms with Gasteiger partial charge >= 0.3 is 0 Å². The summed E-state index contributed by atoms with van der Waals surface area (Å²) in [5, 5.41) is 5.26. The maximum atomic E-state index is 14.2. The van der Waals surface area contributed by atoms with Crippen LogP contribution >= 0.6 is 11.6 Å². The fourth-order valence-corrected chi connectivity index (χ4v) is 6.37. The van der Waals surface area contributed by atoms with Crippen molar-refractivity contribution < 1.29 is 14.4 Å². The van der Waals surface area contributed by atoms with Crippen LogP contribution in [0.25, 0.3) is 16.8 Å². The molecule has 0 saturated carbocycles. The molecular weight excluding hydrogens is 498 g/mol. The van der Waals surface area contributed by atoms with Crippen molar-refractivity contribution in [2.24, 2.45) is 11.8 Å². The van der Waals surface area contributed by atoms with Crippen LogP contribution in [0.15, 0.2) is 97.2 Å². The minimum atomic E-state index is -0.860. The average Bonchev–Trinajstić information content (AvgIpc) is 3.42.